The number of fused-ring (bicyclic) bond motifs is 1. The number of nitrogens with one attached hydrogen (secondary N) is 2. The van der Waals surface area contributed by atoms with Crippen molar-refractivity contribution in [2.75, 3.05) is 18.4 Å². The second-order valence-electron chi connectivity index (χ2n) is 9.67. The zero-order valence-corrected chi connectivity index (χ0v) is 24.3. The Bertz CT molecular complexity index is 1790. The van der Waals surface area contributed by atoms with Crippen molar-refractivity contribution >= 4 is 49.9 Å². The third-order valence-electron chi connectivity index (χ3n) is 6.95. The van der Waals surface area contributed by atoms with E-state index < -0.39 is 38.6 Å². The summed E-state index contributed by atoms with van der Waals surface area (Å²) in [6.07, 6.45) is -0.104. The van der Waals surface area contributed by atoms with E-state index in [0.717, 1.165) is 5.39 Å². The third-order valence-corrected chi connectivity index (χ3v) is 8.30. The molecule has 0 saturated heterocycles. The summed E-state index contributed by atoms with van der Waals surface area (Å²) >= 11 is 0. The minimum absolute atomic E-state index is 0.104. The molecule has 4 rings (SSSR count). The van der Waals surface area contributed by atoms with Crippen LogP contribution in [0.4, 0.5) is 11.4 Å². The Morgan fingerprint density at radius 1 is 0.860 bits per heavy atom. The Morgan fingerprint density at radius 3 is 2.14 bits per heavy atom. The number of hydrogen-bond acceptors (Lipinski definition) is 7. The molecule has 0 aromatic heterocycles. The monoisotopic (exact) mass is 602 g/mol. The first-order chi connectivity index (χ1) is 20.5. The standard InChI is InChI=1S/C31H30N4O7S/c1-3-34(4-2)31(38)27(30(37)33-43(41,42)25-18-15-22-9-5-6-10-23(22)20-25)19-21-13-16-24(17-14-21)32-29(36)26-11-7-8-12-28(26)35(39)40/h5-18,20,27H,3-4,19H2,1-2H3,(H,32,36)(H,33,37). The van der Waals surface area contributed by atoms with Crippen molar-refractivity contribution in [3.05, 3.63) is 112 Å². The predicted molar refractivity (Wildman–Crippen MR) is 162 cm³/mol. The quantitative estimate of drug-likeness (QED) is 0.145. The predicted octanol–water partition coefficient (Wildman–Crippen LogP) is 4.53. The van der Waals surface area contributed by atoms with E-state index in [1.54, 1.807) is 44.2 Å². The number of nitrogens with zero attached hydrogens (tertiary/aromatic N) is 2. The summed E-state index contributed by atoms with van der Waals surface area (Å²) < 4.78 is 28.4. The number of carbonyl (C=O) groups is 3. The molecule has 0 aliphatic carbocycles. The number of sulfonamides is 1. The van der Waals surface area contributed by atoms with Gasteiger partial charge in [-0.2, -0.15) is 0 Å². The van der Waals surface area contributed by atoms with Gasteiger partial charge in [-0.15, -0.1) is 0 Å². The third kappa shape index (κ3) is 7.22. The van der Waals surface area contributed by atoms with Gasteiger partial charge in [0.2, 0.25) is 11.8 Å². The van der Waals surface area contributed by atoms with Crippen molar-refractivity contribution in [3.8, 4) is 0 Å². The topological polar surface area (TPSA) is 156 Å². The number of nitro benzene ring substituents is 1. The van der Waals surface area contributed by atoms with Crippen LogP contribution in [0.25, 0.3) is 10.8 Å². The van der Waals surface area contributed by atoms with E-state index in [4.69, 9.17) is 0 Å². The highest BCUT2D eigenvalue weighted by atomic mass is 32.2. The second kappa shape index (κ2) is 13.3. The van der Waals surface area contributed by atoms with Crippen LogP contribution in [-0.4, -0.2) is 49.1 Å². The van der Waals surface area contributed by atoms with Crippen LogP contribution in [0, 0.1) is 16.0 Å². The summed E-state index contributed by atoms with van der Waals surface area (Å²) in [5, 5.41) is 15.4. The van der Waals surface area contributed by atoms with Gasteiger partial charge in [0.1, 0.15) is 11.5 Å². The fourth-order valence-electron chi connectivity index (χ4n) is 4.63. The van der Waals surface area contributed by atoms with Gasteiger partial charge in [-0.3, -0.25) is 24.5 Å². The molecule has 222 valence electrons. The van der Waals surface area contributed by atoms with E-state index in [1.807, 2.05) is 12.1 Å². The fraction of sp³-hybridized carbons (Fsp3) is 0.194. The molecule has 3 amide bonds. The van der Waals surface area contributed by atoms with Crippen molar-refractivity contribution in [1.29, 1.82) is 0 Å². The van der Waals surface area contributed by atoms with Gasteiger partial charge in [0, 0.05) is 24.8 Å². The zero-order chi connectivity index (χ0) is 31.1. The molecular formula is C31H30N4O7S. The zero-order valence-electron chi connectivity index (χ0n) is 23.5. The van der Waals surface area contributed by atoms with Crippen LogP contribution in [0.3, 0.4) is 0 Å². The minimum Gasteiger partial charge on any atom is -0.343 e. The first-order valence-electron chi connectivity index (χ1n) is 13.5. The number of nitro groups is 1. The molecule has 1 unspecified atom stereocenters. The molecule has 4 aromatic rings. The Balaban J connectivity index is 1.54. The van der Waals surface area contributed by atoms with Gasteiger partial charge in [0.25, 0.3) is 21.6 Å². The molecular weight excluding hydrogens is 572 g/mol. The Labute approximate surface area is 248 Å². The lowest BCUT2D eigenvalue weighted by molar-refractivity contribution is -0.385. The van der Waals surface area contributed by atoms with Crippen LogP contribution in [-0.2, 0) is 26.0 Å². The summed E-state index contributed by atoms with van der Waals surface area (Å²) in [6, 6.07) is 23.5. The summed E-state index contributed by atoms with van der Waals surface area (Å²) in [5.41, 5.74) is 0.430. The maximum absolute atomic E-state index is 13.4. The van der Waals surface area contributed by atoms with Crippen molar-refractivity contribution in [2.24, 2.45) is 5.92 Å². The number of anilines is 1. The molecule has 12 heteroatoms. The molecule has 0 aliphatic rings. The van der Waals surface area contributed by atoms with Crippen LogP contribution in [0.5, 0.6) is 0 Å². The Hall–Kier alpha value is -5.10. The van der Waals surface area contributed by atoms with Gasteiger partial charge in [-0.25, -0.2) is 13.1 Å². The first-order valence-corrected chi connectivity index (χ1v) is 15.0. The molecule has 0 saturated carbocycles. The number of rotatable bonds is 11. The number of carbonyl (C=O) groups excluding carboxylic acids is 3. The molecule has 2 N–H and O–H groups in total. The van der Waals surface area contributed by atoms with E-state index in [9.17, 15) is 32.9 Å². The van der Waals surface area contributed by atoms with Crippen LogP contribution in [0.2, 0.25) is 0 Å². The van der Waals surface area contributed by atoms with Crippen LogP contribution in [0.15, 0.2) is 95.9 Å². The van der Waals surface area contributed by atoms with E-state index in [-0.39, 0.29) is 22.6 Å². The number of para-hydroxylation sites is 1. The molecule has 0 radical (unpaired) electrons. The van der Waals surface area contributed by atoms with E-state index in [0.29, 0.717) is 29.7 Å². The molecule has 0 fully saturated rings. The normalized spacial score (nSPS) is 11.9. The molecule has 1 atom stereocenters. The lowest BCUT2D eigenvalue weighted by atomic mass is 9.97. The maximum atomic E-state index is 13.4. The summed E-state index contributed by atoms with van der Waals surface area (Å²) in [4.78, 5) is 51.4. The van der Waals surface area contributed by atoms with Gasteiger partial charge in [-0.1, -0.05) is 54.6 Å². The van der Waals surface area contributed by atoms with E-state index in [1.165, 1.54) is 53.4 Å². The Kier molecular flexibility index (Phi) is 9.51. The fourth-order valence-corrected chi connectivity index (χ4v) is 5.68. The van der Waals surface area contributed by atoms with Gasteiger partial charge in [0.15, 0.2) is 0 Å². The minimum atomic E-state index is -4.28. The van der Waals surface area contributed by atoms with Crippen LogP contribution in [0.1, 0.15) is 29.8 Å². The molecule has 0 spiro atoms. The van der Waals surface area contributed by atoms with Gasteiger partial charge >= 0.3 is 0 Å². The van der Waals surface area contributed by atoms with Crippen molar-refractivity contribution < 1.29 is 27.7 Å². The largest absolute Gasteiger partial charge is 0.343 e. The summed E-state index contributed by atoms with van der Waals surface area (Å²) in [7, 11) is -4.28. The van der Waals surface area contributed by atoms with Gasteiger partial charge in [-0.05, 0) is 66.9 Å². The SMILES string of the molecule is CCN(CC)C(=O)C(Cc1ccc(NC(=O)c2ccccc2[N+](=O)[O-])cc1)C(=O)NS(=O)(=O)c1ccc2ccccc2c1. The van der Waals surface area contributed by atoms with Crippen LogP contribution >= 0.6 is 0 Å². The lowest BCUT2D eigenvalue weighted by Crippen LogP contribution is -2.46. The highest BCUT2D eigenvalue weighted by molar-refractivity contribution is 7.90. The van der Waals surface area contributed by atoms with E-state index >= 15 is 0 Å². The average molecular weight is 603 g/mol. The number of amides is 3. The molecule has 0 aliphatic heterocycles. The Morgan fingerprint density at radius 2 is 1.49 bits per heavy atom. The molecule has 11 nitrogen and oxygen atoms in total. The molecule has 0 heterocycles. The number of benzene rings is 4. The van der Waals surface area contributed by atoms with Gasteiger partial charge in [0.05, 0.1) is 9.82 Å². The first kappa shape index (κ1) is 30.8. The highest BCUT2D eigenvalue weighted by Crippen LogP contribution is 2.22. The highest BCUT2D eigenvalue weighted by Gasteiger charge is 2.33. The summed E-state index contributed by atoms with van der Waals surface area (Å²) in [5.74, 6) is -3.50. The van der Waals surface area contributed by atoms with E-state index in [2.05, 4.69) is 10.0 Å². The van der Waals surface area contributed by atoms with Gasteiger partial charge < -0.3 is 10.2 Å². The van der Waals surface area contributed by atoms with Crippen molar-refractivity contribution in [1.82, 2.24) is 9.62 Å². The average Bonchev–Trinajstić information content (AvgIpc) is 3.00. The lowest BCUT2D eigenvalue weighted by Gasteiger charge is -2.24. The van der Waals surface area contributed by atoms with Crippen molar-refractivity contribution in [2.45, 2.75) is 25.2 Å². The maximum Gasteiger partial charge on any atom is 0.282 e. The molecule has 4 aromatic carbocycles. The molecule has 43 heavy (non-hydrogen) atoms. The second-order valence-corrected chi connectivity index (χ2v) is 11.4. The molecule has 0 bridgehead atoms. The smallest absolute Gasteiger partial charge is 0.282 e. The summed E-state index contributed by atoms with van der Waals surface area (Å²) in [6.45, 7) is 4.17. The number of hydrogen-bond donors (Lipinski definition) is 2. The van der Waals surface area contributed by atoms with Crippen molar-refractivity contribution in [3.63, 3.8) is 0 Å². The van der Waals surface area contributed by atoms with Crippen LogP contribution < -0.4 is 10.0 Å².